The first-order valence-corrected chi connectivity index (χ1v) is 6.55. The van der Waals surface area contributed by atoms with Crippen molar-refractivity contribution in [2.75, 3.05) is 7.05 Å². The van der Waals surface area contributed by atoms with Crippen LogP contribution in [0.2, 0.25) is 0 Å². The normalized spacial score (nSPS) is 13.4. The van der Waals surface area contributed by atoms with Crippen molar-refractivity contribution in [3.8, 4) is 0 Å². The van der Waals surface area contributed by atoms with E-state index in [-0.39, 0.29) is 11.9 Å². The quantitative estimate of drug-likeness (QED) is 0.856. The van der Waals surface area contributed by atoms with Gasteiger partial charge in [0.2, 0.25) is 0 Å². The number of hydrogen-bond donors (Lipinski definition) is 1. The van der Waals surface area contributed by atoms with Crippen molar-refractivity contribution in [2.24, 2.45) is 5.92 Å². The number of rotatable bonds is 5. The lowest BCUT2D eigenvalue weighted by Crippen LogP contribution is -2.24. The molecule has 18 heavy (non-hydrogen) atoms. The molecule has 0 saturated heterocycles. The molecule has 2 nitrogen and oxygen atoms in total. The molecule has 2 rings (SSSR count). The lowest BCUT2D eigenvalue weighted by atomic mass is 9.92. The van der Waals surface area contributed by atoms with Crippen LogP contribution in [0.5, 0.6) is 0 Å². The van der Waals surface area contributed by atoms with Gasteiger partial charge in [-0.15, -0.1) is 0 Å². The predicted molar refractivity (Wildman–Crippen MR) is 72.0 cm³/mol. The maximum Gasteiger partial charge on any atom is 0.134 e. The highest BCUT2D eigenvalue weighted by molar-refractivity contribution is 5.78. The van der Waals surface area contributed by atoms with Crippen molar-refractivity contribution < 1.29 is 8.81 Å². The third-order valence-electron chi connectivity index (χ3n) is 3.64. The van der Waals surface area contributed by atoms with E-state index in [1.165, 1.54) is 12.1 Å². The maximum absolute atomic E-state index is 13.2. The molecule has 1 atom stereocenters. The highest BCUT2D eigenvalue weighted by atomic mass is 19.1. The molecule has 1 aromatic heterocycles. The molecule has 0 bridgehead atoms. The number of furan rings is 1. The van der Waals surface area contributed by atoms with Gasteiger partial charge in [0.1, 0.15) is 17.2 Å². The number of halogens is 1. The Kier molecular flexibility index (Phi) is 4.02. The molecule has 0 radical (unpaired) electrons. The van der Waals surface area contributed by atoms with Crippen LogP contribution < -0.4 is 5.32 Å². The van der Waals surface area contributed by atoms with E-state index in [4.69, 9.17) is 4.42 Å². The molecule has 0 aliphatic carbocycles. The Bertz CT molecular complexity index is 516. The number of hydrogen-bond acceptors (Lipinski definition) is 2. The van der Waals surface area contributed by atoms with Crippen LogP contribution >= 0.6 is 0 Å². The minimum absolute atomic E-state index is 0.190. The fourth-order valence-corrected chi connectivity index (χ4v) is 2.56. The summed E-state index contributed by atoms with van der Waals surface area (Å²) in [6, 6.07) is 6.77. The van der Waals surface area contributed by atoms with E-state index in [9.17, 15) is 4.39 Å². The second kappa shape index (κ2) is 5.53. The Morgan fingerprint density at radius 3 is 2.56 bits per heavy atom. The zero-order chi connectivity index (χ0) is 13.1. The van der Waals surface area contributed by atoms with Crippen LogP contribution in [-0.4, -0.2) is 7.05 Å². The van der Waals surface area contributed by atoms with E-state index in [0.717, 1.165) is 29.6 Å². The Morgan fingerprint density at radius 2 is 1.94 bits per heavy atom. The van der Waals surface area contributed by atoms with Crippen LogP contribution in [0.25, 0.3) is 11.0 Å². The standard InChI is InChI=1S/C15H20FNO/c1-4-10(5-2)15(17-3)14-9-11-8-12(16)6-7-13(11)18-14/h6-10,15,17H,4-5H2,1-3H3. The van der Waals surface area contributed by atoms with E-state index in [1.54, 1.807) is 6.07 Å². The van der Waals surface area contributed by atoms with Crippen molar-refractivity contribution in [3.63, 3.8) is 0 Å². The molecule has 0 amide bonds. The third kappa shape index (κ3) is 2.41. The first-order valence-electron chi connectivity index (χ1n) is 6.55. The molecule has 1 aromatic carbocycles. The van der Waals surface area contributed by atoms with E-state index in [0.29, 0.717) is 5.92 Å². The first-order chi connectivity index (χ1) is 8.69. The minimum atomic E-state index is -0.224. The fourth-order valence-electron chi connectivity index (χ4n) is 2.56. The SMILES string of the molecule is CCC(CC)C(NC)c1cc2cc(F)ccc2o1. The minimum Gasteiger partial charge on any atom is -0.459 e. The molecule has 0 aliphatic heterocycles. The van der Waals surface area contributed by atoms with Crippen LogP contribution in [0.4, 0.5) is 4.39 Å². The molecule has 2 aromatic rings. The zero-order valence-electron chi connectivity index (χ0n) is 11.2. The smallest absolute Gasteiger partial charge is 0.134 e. The van der Waals surface area contributed by atoms with Gasteiger partial charge in [-0.25, -0.2) is 4.39 Å². The summed E-state index contributed by atoms with van der Waals surface area (Å²) < 4.78 is 19.0. The summed E-state index contributed by atoms with van der Waals surface area (Å²) in [4.78, 5) is 0. The molecule has 1 heterocycles. The lowest BCUT2D eigenvalue weighted by Gasteiger charge is -2.22. The molecule has 0 fully saturated rings. The van der Waals surface area contributed by atoms with Crippen molar-refractivity contribution in [1.82, 2.24) is 5.32 Å². The summed E-state index contributed by atoms with van der Waals surface area (Å²) in [6.07, 6.45) is 2.18. The Hall–Kier alpha value is -1.35. The summed E-state index contributed by atoms with van der Waals surface area (Å²) in [5, 5.41) is 4.14. The highest BCUT2D eigenvalue weighted by Gasteiger charge is 2.22. The second-order valence-corrected chi connectivity index (χ2v) is 4.67. The van der Waals surface area contributed by atoms with Crippen molar-refractivity contribution in [1.29, 1.82) is 0 Å². The number of fused-ring (bicyclic) bond motifs is 1. The molecule has 1 N–H and O–H groups in total. The summed E-state index contributed by atoms with van der Waals surface area (Å²) >= 11 is 0. The van der Waals surface area contributed by atoms with Crippen molar-refractivity contribution in [3.05, 3.63) is 35.8 Å². The van der Waals surface area contributed by atoms with Gasteiger partial charge in [0.25, 0.3) is 0 Å². The third-order valence-corrected chi connectivity index (χ3v) is 3.64. The average Bonchev–Trinajstić information content (AvgIpc) is 2.78. The van der Waals surface area contributed by atoms with Crippen LogP contribution in [0.1, 0.15) is 38.5 Å². The van der Waals surface area contributed by atoms with E-state index in [1.807, 2.05) is 13.1 Å². The van der Waals surface area contributed by atoms with Crippen molar-refractivity contribution in [2.45, 2.75) is 32.7 Å². The summed E-state index contributed by atoms with van der Waals surface area (Å²) in [7, 11) is 1.94. The van der Waals surface area contributed by atoms with Gasteiger partial charge in [0, 0.05) is 5.39 Å². The van der Waals surface area contributed by atoms with Gasteiger partial charge in [0.05, 0.1) is 6.04 Å². The topological polar surface area (TPSA) is 25.2 Å². The molecule has 0 saturated carbocycles. The monoisotopic (exact) mass is 249 g/mol. The number of benzene rings is 1. The van der Waals surface area contributed by atoms with Crippen LogP contribution in [-0.2, 0) is 0 Å². The van der Waals surface area contributed by atoms with Gasteiger partial charge >= 0.3 is 0 Å². The van der Waals surface area contributed by atoms with Crippen LogP contribution in [0.3, 0.4) is 0 Å². The zero-order valence-corrected chi connectivity index (χ0v) is 11.2. The van der Waals surface area contributed by atoms with Crippen molar-refractivity contribution >= 4 is 11.0 Å². The Labute approximate surface area is 107 Å². The highest BCUT2D eigenvalue weighted by Crippen LogP contribution is 2.31. The molecular formula is C15H20FNO. The van der Waals surface area contributed by atoms with Gasteiger partial charge in [-0.05, 0) is 37.2 Å². The Morgan fingerprint density at radius 1 is 1.22 bits per heavy atom. The molecule has 3 heteroatoms. The lowest BCUT2D eigenvalue weighted by molar-refractivity contribution is 0.315. The summed E-state index contributed by atoms with van der Waals surface area (Å²) in [5.41, 5.74) is 0.748. The molecule has 98 valence electrons. The van der Waals surface area contributed by atoms with Gasteiger partial charge in [-0.1, -0.05) is 26.7 Å². The second-order valence-electron chi connectivity index (χ2n) is 4.67. The van der Waals surface area contributed by atoms with Gasteiger partial charge in [-0.3, -0.25) is 0 Å². The molecule has 0 spiro atoms. The average molecular weight is 249 g/mol. The largest absolute Gasteiger partial charge is 0.459 e. The first kappa shape index (κ1) is 13.1. The van der Waals surface area contributed by atoms with Crippen LogP contribution in [0.15, 0.2) is 28.7 Å². The summed E-state index contributed by atoms with van der Waals surface area (Å²) in [6.45, 7) is 4.36. The van der Waals surface area contributed by atoms with E-state index < -0.39 is 0 Å². The molecule has 1 unspecified atom stereocenters. The Balaban J connectivity index is 2.39. The van der Waals surface area contributed by atoms with Crippen LogP contribution in [0, 0.1) is 11.7 Å². The predicted octanol–water partition coefficient (Wildman–Crippen LogP) is 4.27. The maximum atomic E-state index is 13.2. The summed E-state index contributed by atoms with van der Waals surface area (Å²) in [5.74, 6) is 1.20. The van der Waals surface area contributed by atoms with E-state index >= 15 is 0 Å². The van der Waals surface area contributed by atoms with Gasteiger partial charge < -0.3 is 9.73 Å². The number of nitrogens with one attached hydrogen (secondary N) is 1. The van der Waals surface area contributed by atoms with E-state index in [2.05, 4.69) is 19.2 Å². The fraction of sp³-hybridized carbons (Fsp3) is 0.467. The molecule has 0 aliphatic rings. The molecular weight excluding hydrogens is 229 g/mol. The van der Waals surface area contributed by atoms with Gasteiger partial charge in [-0.2, -0.15) is 0 Å². The van der Waals surface area contributed by atoms with Gasteiger partial charge in [0.15, 0.2) is 0 Å².